The highest BCUT2D eigenvalue weighted by molar-refractivity contribution is 8.18. The first-order valence-electron chi connectivity index (χ1n) is 8.61. The van der Waals surface area contributed by atoms with Gasteiger partial charge in [0.1, 0.15) is 5.75 Å². The van der Waals surface area contributed by atoms with Crippen LogP contribution < -0.4 is 14.2 Å². The molecule has 2 amide bonds. The Morgan fingerprint density at radius 3 is 2.61 bits per heavy atom. The van der Waals surface area contributed by atoms with Crippen molar-refractivity contribution in [1.29, 1.82) is 0 Å². The maximum absolute atomic E-state index is 12.7. The molecule has 0 aliphatic carbocycles. The fraction of sp³-hybridized carbons (Fsp3) is 0.200. The summed E-state index contributed by atoms with van der Waals surface area (Å²) in [4.78, 5) is 26.7. The molecule has 0 saturated carbocycles. The van der Waals surface area contributed by atoms with Crippen LogP contribution in [0.25, 0.3) is 6.08 Å². The van der Waals surface area contributed by atoms with E-state index in [9.17, 15) is 9.59 Å². The molecule has 28 heavy (non-hydrogen) atoms. The zero-order valence-electron chi connectivity index (χ0n) is 14.9. The van der Waals surface area contributed by atoms with Gasteiger partial charge in [-0.1, -0.05) is 23.7 Å². The predicted octanol–water partition coefficient (Wildman–Crippen LogP) is 4.70. The maximum atomic E-state index is 12.7. The van der Waals surface area contributed by atoms with Gasteiger partial charge < -0.3 is 14.2 Å². The lowest BCUT2D eigenvalue weighted by molar-refractivity contribution is -0.123. The molecule has 1 saturated heterocycles. The number of rotatable bonds is 5. The number of nitrogens with zero attached hydrogens (tertiary/aromatic N) is 1. The van der Waals surface area contributed by atoms with Gasteiger partial charge in [-0.25, -0.2) is 0 Å². The molecule has 144 valence electrons. The highest BCUT2D eigenvalue weighted by atomic mass is 35.5. The van der Waals surface area contributed by atoms with E-state index in [0.29, 0.717) is 33.6 Å². The molecule has 2 aromatic rings. The van der Waals surface area contributed by atoms with Crippen LogP contribution in [0.4, 0.5) is 4.79 Å². The molecule has 1 fully saturated rings. The van der Waals surface area contributed by atoms with Crippen molar-refractivity contribution >= 4 is 40.6 Å². The number of carbonyl (C=O) groups is 2. The van der Waals surface area contributed by atoms with E-state index in [1.54, 1.807) is 18.2 Å². The second-order valence-electron chi connectivity index (χ2n) is 6.07. The standard InChI is InChI=1S/C20H16ClNO5S/c1-2-25-14-5-3-12(4-6-14)7-18-19(23)22(20(24)28-18)10-13-8-16-17(9-15(13)21)27-11-26-16/h3-9H,2,10-11H2,1H3. The van der Waals surface area contributed by atoms with E-state index in [4.69, 9.17) is 25.8 Å². The van der Waals surface area contributed by atoms with Gasteiger partial charge in [-0.3, -0.25) is 14.5 Å². The van der Waals surface area contributed by atoms with Crippen molar-refractivity contribution < 1.29 is 23.8 Å². The third kappa shape index (κ3) is 3.68. The Morgan fingerprint density at radius 1 is 1.18 bits per heavy atom. The van der Waals surface area contributed by atoms with Gasteiger partial charge in [0.05, 0.1) is 18.1 Å². The van der Waals surface area contributed by atoms with Crippen molar-refractivity contribution in [2.24, 2.45) is 0 Å². The molecule has 0 radical (unpaired) electrons. The largest absolute Gasteiger partial charge is 0.494 e. The van der Waals surface area contributed by atoms with Gasteiger partial charge in [-0.2, -0.15) is 0 Å². The SMILES string of the molecule is CCOc1ccc(C=C2SC(=O)N(Cc3cc4c(cc3Cl)OCO4)C2=O)cc1. The number of amides is 2. The second-order valence-corrected chi connectivity index (χ2v) is 7.47. The first-order chi connectivity index (χ1) is 13.5. The normalized spacial score (nSPS) is 16.9. The van der Waals surface area contributed by atoms with Gasteiger partial charge in [-0.15, -0.1) is 0 Å². The third-order valence-corrected chi connectivity index (χ3v) is 5.49. The zero-order chi connectivity index (χ0) is 19.7. The molecular weight excluding hydrogens is 402 g/mol. The quantitative estimate of drug-likeness (QED) is 0.657. The number of ether oxygens (including phenoxy) is 3. The molecular formula is C20H16ClNO5S. The Labute approximate surface area is 171 Å². The Morgan fingerprint density at radius 2 is 1.89 bits per heavy atom. The van der Waals surface area contributed by atoms with Crippen molar-refractivity contribution in [2.75, 3.05) is 13.4 Å². The summed E-state index contributed by atoms with van der Waals surface area (Å²) >= 11 is 7.18. The molecule has 6 nitrogen and oxygen atoms in total. The van der Waals surface area contributed by atoms with Gasteiger partial charge in [-0.05, 0) is 54.1 Å². The maximum Gasteiger partial charge on any atom is 0.293 e. The van der Waals surface area contributed by atoms with Crippen LogP contribution in [0.15, 0.2) is 41.3 Å². The summed E-state index contributed by atoms with van der Waals surface area (Å²) in [6, 6.07) is 10.7. The summed E-state index contributed by atoms with van der Waals surface area (Å²) in [7, 11) is 0. The minimum Gasteiger partial charge on any atom is -0.494 e. The number of benzene rings is 2. The van der Waals surface area contributed by atoms with Gasteiger partial charge >= 0.3 is 0 Å². The number of hydrogen-bond acceptors (Lipinski definition) is 6. The fourth-order valence-corrected chi connectivity index (χ4v) is 3.92. The summed E-state index contributed by atoms with van der Waals surface area (Å²) in [6.45, 7) is 2.69. The van der Waals surface area contributed by atoms with Crippen LogP contribution in [-0.2, 0) is 11.3 Å². The van der Waals surface area contributed by atoms with E-state index >= 15 is 0 Å². The smallest absolute Gasteiger partial charge is 0.293 e. The van der Waals surface area contributed by atoms with Gasteiger partial charge in [0.2, 0.25) is 6.79 Å². The minimum absolute atomic E-state index is 0.0702. The van der Waals surface area contributed by atoms with E-state index in [-0.39, 0.29) is 24.5 Å². The first kappa shape index (κ1) is 18.7. The van der Waals surface area contributed by atoms with E-state index in [1.165, 1.54) is 4.90 Å². The number of fused-ring (bicyclic) bond motifs is 1. The molecule has 0 unspecified atom stereocenters. The van der Waals surface area contributed by atoms with Gasteiger partial charge in [0.15, 0.2) is 11.5 Å². The number of halogens is 1. The topological polar surface area (TPSA) is 65.1 Å². The zero-order valence-corrected chi connectivity index (χ0v) is 16.5. The van der Waals surface area contributed by atoms with Crippen LogP contribution in [0.1, 0.15) is 18.1 Å². The summed E-state index contributed by atoms with van der Waals surface area (Å²) in [6.07, 6.45) is 1.70. The van der Waals surface area contributed by atoms with Crippen LogP contribution in [0, 0.1) is 0 Å². The molecule has 0 aromatic heterocycles. The first-order valence-corrected chi connectivity index (χ1v) is 9.81. The molecule has 0 N–H and O–H groups in total. The van der Waals surface area contributed by atoms with Gasteiger partial charge in [0, 0.05) is 11.1 Å². The summed E-state index contributed by atoms with van der Waals surface area (Å²) < 4.78 is 16.0. The number of thioether (sulfide) groups is 1. The van der Waals surface area contributed by atoms with Crippen LogP contribution in [0.5, 0.6) is 17.2 Å². The van der Waals surface area contributed by atoms with Gasteiger partial charge in [0.25, 0.3) is 11.1 Å². The summed E-state index contributed by atoms with van der Waals surface area (Å²) in [5.41, 5.74) is 1.44. The van der Waals surface area contributed by atoms with E-state index in [1.807, 2.05) is 31.2 Å². The van der Waals surface area contributed by atoms with Crippen LogP contribution in [0.2, 0.25) is 5.02 Å². The molecule has 2 aromatic carbocycles. The molecule has 0 atom stereocenters. The Balaban J connectivity index is 1.53. The Kier molecular flexibility index (Phi) is 5.19. The highest BCUT2D eigenvalue weighted by Gasteiger charge is 2.35. The minimum atomic E-state index is -0.349. The third-order valence-electron chi connectivity index (χ3n) is 4.23. The lowest BCUT2D eigenvalue weighted by atomic mass is 10.1. The number of carbonyl (C=O) groups excluding carboxylic acids is 2. The predicted molar refractivity (Wildman–Crippen MR) is 107 cm³/mol. The molecule has 0 bridgehead atoms. The number of imide groups is 1. The van der Waals surface area contributed by atoms with Crippen molar-refractivity contribution in [3.63, 3.8) is 0 Å². The fourth-order valence-electron chi connectivity index (χ4n) is 2.87. The summed E-state index contributed by atoms with van der Waals surface area (Å²) in [5.74, 6) is 1.51. The van der Waals surface area contributed by atoms with Crippen LogP contribution in [0.3, 0.4) is 0 Å². The lowest BCUT2D eigenvalue weighted by Gasteiger charge is -2.14. The molecule has 2 aliphatic heterocycles. The molecule has 0 spiro atoms. The molecule has 2 heterocycles. The van der Waals surface area contributed by atoms with Crippen molar-refractivity contribution in [2.45, 2.75) is 13.5 Å². The van der Waals surface area contributed by atoms with Crippen molar-refractivity contribution in [3.05, 3.63) is 57.5 Å². The van der Waals surface area contributed by atoms with Crippen LogP contribution in [-0.4, -0.2) is 29.4 Å². The van der Waals surface area contributed by atoms with E-state index < -0.39 is 0 Å². The van der Waals surface area contributed by atoms with E-state index in [0.717, 1.165) is 23.1 Å². The lowest BCUT2D eigenvalue weighted by Crippen LogP contribution is -2.27. The Bertz CT molecular complexity index is 973. The molecule has 2 aliphatic rings. The average molecular weight is 418 g/mol. The Hall–Kier alpha value is -2.64. The number of hydrogen-bond donors (Lipinski definition) is 0. The molecule has 8 heteroatoms. The highest BCUT2D eigenvalue weighted by Crippen LogP contribution is 2.39. The summed E-state index contributed by atoms with van der Waals surface area (Å²) in [5, 5.41) is 0.0784. The second kappa shape index (κ2) is 7.77. The monoisotopic (exact) mass is 417 g/mol. The van der Waals surface area contributed by atoms with Crippen LogP contribution >= 0.6 is 23.4 Å². The molecule has 4 rings (SSSR count). The van der Waals surface area contributed by atoms with Crippen molar-refractivity contribution in [1.82, 2.24) is 4.90 Å². The van der Waals surface area contributed by atoms with Crippen molar-refractivity contribution in [3.8, 4) is 17.2 Å². The average Bonchev–Trinajstić information content (AvgIpc) is 3.23. The van der Waals surface area contributed by atoms with E-state index in [2.05, 4.69) is 0 Å².